The maximum atomic E-state index is 13.1. The molecule has 0 amide bonds. The van der Waals surface area contributed by atoms with Crippen molar-refractivity contribution in [1.82, 2.24) is 0 Å². The second-order valence-electron chi connectivity index (χ2n) is 4.20. The molecule has 94 valence electrons. The largest absolute Gasteiger partial charge is 0.388 e. The summed E-state index contributed by atoms with van der Waals surface area (Å²) in [4.78, 5) is 0. The van der Waals surface area contributed by atoms with Gasteiger partial charge >= 0.3 is 0 Å². The Morgan fingerprint density at radius 2 is 1.83 bits per heavy atom. The maximum absolute atomic E-state index is 13.1. The minimum atomic E-state index is -0.550. The molecule has 0 spiro atoms. The molecular weight excluding hydrogens is 251 g/mol. The molecule has 1 atom stereocenters. The van der Waals surface area contributed by atoms with E-state index in [1.54, 1.807) is 6.07 Å². The van der Waals surface area contributed by atoms with E-state index in [2.05, 4.69) is 0 Å². The van der Waals surface area contributed by atoms with Gasteiger partial charge in [0.05, 0.1) is 6.10 Å². The summed E-state index contributed by atoms with van der Waals surface area (Å²) in [6.07, 6.45) is 0.519. The summed E-state index contributed by atoms with van der Waals surface area (Å²) in [6, 6.07) is 13.7. The van der Waals surface area contributed by atoms with Crippen LogP contribution in [0.1, 0.15) is 23.7 Å². The molecule has 0 radical (unpaired) electrons. The zero-order chi connectivity index (χ0) is 13.0. The fourth-order valence-corrected chi connectivity index (χ4v) is 2.08. The van der Waals surface area contributed by atoms with Crippen LogP contribution in [-0.2, 0) is 6.42 Å². The topological polar surface area (TPSA) is 20.2 Å². The van der Waals surface area contributed by atoms with Crippen LogP contribution in [0, 0.1) is 5.82 Å². The van der Waals surface area contributed by atoms with Crippen molar-refractivity contribution in [2.45, 2.75) is 18.9 Å². The molecule has 0 aliphatic rings. The average Bonchev–Trinajstić information content (AvgIpc) is 2.40. The summed E-state index contributed by atoms with van der Waals surface area (Å²) in [6.45, 7) is 0. The number of rotatable bonds is 4. The van der Waals surface area contributed by atoms with Crippen molar-refractivity contribution >= 4 is 11.6 Å². The van der Waals surface area contributed by atoms with E-state index in [0.29, 0.717) is 17.9 Å². The first-order valence-electron chi connectivity index (χ1n) is 5.84. The zero-order valence-electron chi connectivity index (χ0n) is 9.81. The predicted octanol–water partition coefficient (Wildman–Crippen LogP) is 4.15. The van der Waals surface area contributed by atoms with Gasteiger partial charge in [-0.3, -0.25) is 0 Å². The van der Waals surface area contributed by atoms with Crippen LogP contribution in [0.5, 0.6) is 0 Å². The van der Waals surface area contributed by atoms with Crippen molar-refractivity contribution < 1.29 is 9.50 Å². The number of hydrogen-bond donors (Lipinski definition) is 1. The maximum Gasteiger partial charge on any atom is 0.123 e. The van der Waals surface area contributed by atoms with E-state index in [1.807, 2.05) is 30.3 Å². The van der Waals surface area contributed by atoms with Crippen molar-refractivity contribution in [1.29, 1.82) is 0 Å². The third-order valence-corrected chi connectivity index (χ3v) is 3.25. The molecule has 2 rings (SSSR count). The van der Waals surface area contributed by atoms with Crippen LogP contribution in [0.2, 0.25) is 5.02 Å². The molecular formula is C15H14ClFO. The molecule has 0 fully saturated rings. The van der Waals surface area contributed by atoms with E-state index >= 15 is 0 Å². The molecule has 1 N–H and O–H groups in total. The molecule has 2 aromatic rings. The van der Waals surface area contributed by atoms with Crippen LogP contribution in [0.25, 0.3) is 0 Å². The molecule has 0 aliphatic heterocycles. The lowest BCUT2D eigenvalue weighted by atomic mass is 10.0. The highest BCUT2D eigenvalue weighted by atomic mass is 35.5. The Balaban J connectivity index is 2.01. The van der Waals surface area contributed by atoms with Crippen molar-refractivity contribution in [3.8, 4) is 0 Å². The van der Waals surface area contributed by atoms with Crippen molar-refractivity contribution in [3.05, 3.63) is 70.5 Å². The smallest absolute Gasteiger partial charge is 0.123 e. The summed E-state index contributed by atoms with van der Waals surface area (Å²) >= 11 is 5.98. The summed E-state index contributed by atoms with van der Waals surface area (Å²) in [5.41, 5.74) is 1.59. The summed E-state index contributed by atoms with van der Waals surface area (Å²) in [7, 11) is 0. The zero-order valence-corrected chi connectivity index (χ0v) is 10.6. The van der Waals surface area contributed by atoms with Gasteiger partial charge in [-0.05, 0) is 42.2 Å². The first-order chi connectivity index (χ1) is 8.66. The van der Waals surface area contributed by atoms with Gasteiger partial charge in [-0.25, -0.2) is 4.39 Å². The van der Waals surface area contributed by atoms with Gasteiger partial charge in [0.15, 0.2) is 0 Å². The van der Waals surface area contributed by atoms with Gasteiger partial charge in [0.2, 0.25) is 0 Å². The monoisotopic (exact) mass is 264 g/mol. The Morgan fingerprint density at radius 1 is 1.11 bits per heavy atom. The summed E-state index contributed by atoms with van der Waals surface area (Å²) < 4.78 is 13.1. The number of benzene rings is 2. The second-order valence-corrected chi connectivity index (χ2v) is 4.61. The van der Waals surface area contributed by atoms with E-state index in [9.17, 15) is 9.50 Å². The number of aryl methyl sites for hydroxylation is 1. The van der Waals surface area contributed by atoms with Gasteiger partial charge in [0, 0.05) is 5.02 Å². The van der Waals surface area contributed by atoms with E-state index in [1.165, 1.54) is 12.1 Å². The number of halogens is 2. The first-order valence-corrected chi connectivity index (χ1v) is 6.21. The highest BCUT2D eigenvalue weighted by Gasteiger charge is 2.09. The van der Waals surface area contributed by atoms with Crippen LogP contribution in [-0.4, -0.2) is 5.11 Å². The van der Waals surface area contributed by atoms with Gasteiger partial charge in [0.1, 0.15) is 5.82 Å². The lowest BCUT2D eigenvalue weighted by Crippen LogP contribution is -2.00. The molecule has 0 bridgehead atoms. The number of aliphatic hydroxyl groups excluding tert-OH is 1. The minimum Gasteiger partial charge on any atom is -0.388 e. The standard InChI is InChI=1S/C15H14ClFO/c16-14-8-7-13(17)10-12(14)6-9-15(18)11-4-2-1-3-5-11/h1-5,7-8,10,15,18H,6,9H2. The Hall–Kier alpha value is -1.38. The quantitative estimate of drug-likeness (QED) is 0.880. The van der Waals surface area contributed by atoms with E-state index in [-0.39, 0.29) is 5.82 Å². The van der Waals surface area contributed by atoms with Crippen LogP contribution >= 0.6 is 11.6 Å². The molecule has 0 aliphatic carbocycles. The van der Waals surface area contributed by atoms with Crippen molar-refractivity contribution in [3.63, 3.8) is 0 Å². The van der Waals surface area contributed by atoms with Gasteiger partial charge in [-0.2, -0.15) is 0 Å². The molecule has 0 aromatic heterocycles. The molecule has 18 heavy (non-hydrogen) atoms. The van der Waals surface area contributed by atoms with Gasteiger partial charge in [-0.15, -0.1) is 0 Å². The average molecular weight is 265 g/mol. The van der Waals surface area contributed by atoms with E-state index in [4.69, 9.17) is 11.6 Å². The lowest BCUT2D eigenvalue weighted by molar-refractivity contribution is 0.168. The Bertz CT molecular complexity index is 513. The van der Waals surface area contributed by atoms with Crippen molar-refractivity contribution in [2.75, 3.05) is 0 Å². The van der Waals surface area contributed by atoms with Crippen LogP contribution in [0.4, 0.5) is 4.39 Å². The minimum absolute atomic E-state index is 0.302. The van der Waals surface area contributed by atoms with E-state index < -0.39 is 6.10 Å². The molecule has 0 saturated heterocycles. The Kier molecular flexibility index (Phi) is 4.34. The fourth-order valence-electron chi connectivity index (χ4n) is 1.87. The third-order valence-electron chi connectivity index (χ3n) is 2.88. The third kappa shape index (κ3) is 3.31. The van der Waals surface area contributed by atoms with Crippen molar-refractivity contribution in [2.24, 2.45) is 0 Å². The Morgan fingerprint density at radius 3 is 2.56 bits per heavy atom. The second kappa shape index (κ2) is 5.98. The lowest BCUT2D eigenvalue weighted by Gasteiger charge is -2.11. The Labute approximate surface area is 111 Å². The SMILES string of the molecule is OC(CCc1cc(F)ccc1Cl)c1ccccc1. The highest BCUT2D eigenvalue weighted by molar-refractivity contribution is 6.31. The normalized spacial score (nSPS) is 12.4. The van der Waals surface area contributed by atoms with Gasteiger partial charge in [-0.1, -0.05) is 41.9 Å². The fraction of sp³-hybridized carbons (Fsp3) is 0.200. The molecule has 3 heteroatoms. The highest BCUT2D eigenvalue weighted by Crippen LogP contribution is 2.23. The predicted molar refractivity (Wildman–Crippen MR) is 71.1 cm³/mol. The number of hydrogen-bond acceptors (Lipinski definition) is 1. The van der Waals surface area contributed by atoms with Gasteiger partial charge < -0.3 is 5.11 Å². The molecule has 1 nitrogen and oxygen atoms in total. The van der Waals surface area contributed by atoms with Gasteiger partial charge in [0.25, 0.3) is 0 Å². The summed E-state index contributed by atoms with van der Waals surface area (Å²) in [5.74, 6) is -0.302. The van der Waals surface area contributed by atoms with Crippen LogP contribution in [0.15, 0.2) is 48.5 Å². The molecule has 2 aromatic carbocycles. The molecule has 0 saturated carbocycles. The summed E-state index contributed by atoms with van der Waals surface area (Å²) in [5, 5.41) is 10.5. The molecule has 1 unspecified atom stereocenters. The van der Waals surface area contributed by atoms with Crippen LogP contribution < -0.4 is 0 Å². The molecule has 0 heterocycles. The number of aliphatic hydroxyl groups is 1. The van der Waals surface area contributed by atoms with Crippen LogP contribution in [0.3, 0.4) is 0 Å². The first kappa shape index (κ1) is 13.1. The van der Waals surface area contributed by atoms with E-state index in [0.717, 1.165) is 11.1 Å².